The maximum atomic E-state index is 5.10. The first-order valence-corrected chi connectivity index (χ1v) is 7.16. The van der Waals surface area contributed by atoms with Crippen LogP contribution in [-0.4, -0.2) is 22.7 Å². The summed E-state index contributed by atoms with van der Waals surface area (Å²) < 4.78 is 5.10. The van der Waals surface area contributed by atoms with E-state index in [-0.39, 0.29) is 0 Å². The minimum Gasteiger partial charge on any atom is -0.339 e. The van der Waals surface area contributed by atoms with Gasteiger partial charge >= 0.3 is 0 Å². The first-order chi connectivity index (χ1) is 8.63. The quantitative estimate of drug-likeness (QED) is 0.818. The van der Waals surface area contributed by atoms with Gasteiger partial charge in [-0.05, 0) is 51.0 Å². The fourth-order valence-electron chi connectivity index (χ4n) is 3.10. The molecule has 1 aliphatic rings. The molecule has 0 aromatic carbocycles. The molecule has 1 saturated carbocycles. The minimum atomic E-state index is 0.702. The Balaban J connectivity index is 1.63. The van der Waals surface area contributed by atoms with Gasteiger partial charge in [-0.1, -0.05) is 19.0 Å². The van der Waals surface area contributed by atoms with Crippen LogP contribution in [0.4, 0.5) is 0 Å². The average molecular weight is 251 g/mol. The van der Waals surface area contributed by atoms with Gasteiger partial charge in [0.05, 0.1) is 0 Å². The summed E-state index contributed by atoms with van der Waals surface area (Å²) in [4.78, 5) is 4.21. The second-order valence-electron chi connectivity index (χ2n) is 5.91. The summed E-state index contributed by atoms with van der Waals surface area (Å²) >= 11 is 0. The Morgan fingerprint density at radius 3 is 2.56 bits per heavy atom. The van der Waals surface area contributed by atoms with Gasteiger partial charge < -0.3 is 9.84 Å². The molecule has 0 spiro atoms. The minimum absolute atomic E-state index is 0.702. The number of aromatic nitrogens is 2. The molecule has 2 atom stereocenters. The number of hydrogen-bond donors (Lipinski definition) is 1. The lowest BCUT2D eigenvalue weighted by atomic mass is 9.80. The van der Waals surface area contributed by atoms with Crippen molar-refractivity contribution in [2.75, 3.05) is 6.54 Å². The number of nitrogens with zero attached hydrogens (tertiary/aromatic N) is 2. The summed E-state index contributed by atoms with van der Waals surface area (Å²) in [5.41, 5.74) is 0. The van der Waals surface area contributed by atoms with Crippen molar-refractivity contribution in [3.05, 3.63) is 11.7 Å². The zero-order valence-electron chi connectivity index (χ0n) is 11.8. The maximum Gasteiger partial charge on any atom is 0.226 e. The van der Waals surface area contributed by atoms with Gasteiger partial charge in [-0.2, -0.15) is 4.98 Å². The van der Waals surface area contributed by atoms with E-state index in [0.717, 1.165) is 42.9 Å². The zero-order chi connectivity index (χ0) is 13.0. The van der Waals surface area contributed by atoms with Crippen molar-refractivity contribution >= 4 is 0 Å². The van der Waals surface area contributed by atoms with Gasteiger partial charge in [-0.15, -0.1) is 0 Å². The predicted molar refractivity (Wildman–Crippen MR) is 71.3 cm³/mol. The molecule has 0 saturated heterocycles. The van der Waals surface area contributed by atoms with Gasteiger partial charge in [0.15, 0.2) is 5.82 Å². The lowest BCUT2D eigenvalue weighted by molar-refractivity contribution is 0.238. The molecule has 1 N–H and O–H groups in total. The second-order valence-corrected chi connectivity index (χ2v) is 5.91. The Morgan fingerprint density at radius 2 is 1.94 bits per heavy atom. The van der Waals surface area contributed by atoms with Crippen LogP contribution >= 0.6 is 0 Å². The van der Waals surface area contributed by atoms with Crippen LogP contribution in [0.2, 0.25) is 0 Å². The summed E-state index contributed by atoms with van der Waals surface area (Å²) in [6.07, 6.45) is 5.99. The van der Waals surface area contributed by atoms with E-state index in [1.165, 1.54) is 19.3 Å². The van der Waals surface area contributed by atoms with E-state index in [0.29, 0.717) is 6.04 Å². The molecule has 18 heavy (non-hydrogen) atoms. The summed E-state index contributed by atoms with van der Waals surface area (Å²) in [5, 5.41) is 7.47. The molecule has 102 valence electrons. The Kier molecular flexibility index (Phi) is 4.75. The smallest absolute Gasteiger partial charge is 0.226 e. The van der Waals surface area contributed by atoms with E-state index >= 15 is 0 Å². The first kappa shape index (κ1) is 13.5. The van der Waals surface area contributed by atoms with E-state index in [1.54, 1.807) is 0 Å². The van der Waals surface area contributed by atoms with Crippen LogP contribution in [0.15, 0.2) is 4.52 Å². The number of nitrogens with one attached hydrogen (secondary N) is 1. The molecule has 1 aromatic rings. The van der Waals surface area contributed by atoms with Gasteiger partial charge in [0.2, 0.25) is 5.89 Å². The molecule has 0 bridgehead atoms. The number of hydrogen-bond acceptors (Lipinski definition) is 4. The summed E-state index contributed by atoms with van der Waals surface area (Å²) in [5.74, 6) is 3.22. The molecule has 0 aliphatic heterocycles. The van der Waals surface area contributed by atoms with E-state index < -0.39 is 0 Å². The molecule has 1 aromatic heterocycles. The van der Waals surface area contributed by atoms with Gasteiger partial charge in [-0.25, -0.2) is 0 Å². The number of rotatable bonds is 5. The highest BCUT2D eigenvalue weighted by Crippen LogP contribution is 2.28. The van der Waals surface area contributed by atoms with Crippen molar-refractivity contribution < 1.29 is 4.52 Å². The van der Waals surface area contributed by atoms with Gasteiger partial charge in [0.25, 0.3) is 0 Å². The van der Waals surface area contributed by atoms with Crippen LogP contribution in [0, 0.1) is 18.8 Å². The Labute approximate surface area is 110 Å². The highest BCUT2D eigenvalue weighted by atomic mass is 16.5. The molecule has 1 fully saturated rings. The normalized spacial score (nSPS) is 28.5. The maximum absolute atomic E-state index is 5.10. The third-order valence-electron chi connectivity index (χ3n) is 3.75. The molecule has 4 heteroatoms. The standard InChI is InChI=1S/C14H25N3O/c1-10-7-11(2)9-13(8-10)15-6-4-5-14-16-12(3)17-18-14/h10-11,13,15H,4-9H2,1-3H3. The summed E-state index contributed by atoms with van der Waals surface area (Å²) in [7, 11) is 0. The largest absolute Gasteiger partial charge is 0.339 e. The topological polar surface area (TPSA) is 51.0 Å². The molecule has 1 heterocycles. The molecule has 2 rings (SSSR count). The van der Waals surface area contributed by atoms with Crippen molar-refractivity contribution in [3.8, 4) is 0 Å². The van der Waals surface area contributed by atoms with Crippen LogP contribution in [0.1, 0.15) is 51.2 Å². The molecular formula is C14H25N3O. The highest BCUT2D eigenvalue weighted by molar-refractivity contribution is 4.83. The van der Waals surface area contributed by atoms with Gasteiger partial charge in [0, 0.05) is 12.5 Å². The van der Waals surface area contributed by atoms with Gasteiger partial charge in [0.1, 0.15) is 0 Å². The van der Waals surface area contributed by atoms with Crippen molar-refractivity contribution in [2.24, 2.45) is 11.8 Å². The third kappa shape index (κ3) is 4.09. The Morgan fingerprint density at radius 1 is 1.22 bits per heavy atom. The van der Waals surface area contributed by atoms with Crippen molar-refractivity contribution in [3.63, 3.8) is 0 Å². The zero-order valence-corrected chi connectivity index (χ0v) is 11.8. The highest BCUT2D eigenvalue weighted by Gasteiger charge is 2.23. The molecule has 0 amide bonds. The van der Waals surface area contributed by atoms with Crippen LogP contribution in [-0.2, 0) is 6.42 Å². The van der Waals surface area contributed by atoms with E-state index in [4.69, 9.17) is 4.52 Å². The SMILES string of the molecule is Cc1noc(CCCNC2CC(C)CC(C)C2)n1. The van der Waals surface area contributed by atoms with Gasteiger partial charge in [-0.3, -0.25) is 0 Å². The number of aryl methyl sites for hydroxylation is 2. The first-order valence-electron chi connectivity index (χ1n) is 7.16. The van der Waals surface area contributed by atoms with Crippen LogP contribution in [0.5, 0.6) is 0 Å². The Bertz CT molecular complexity index is 354. The molecule has 2 unspecified atom stereocenters. The third-order valence-corrected chi connectivity index (χ3v) is 3.75. The lowest BCUT2D eigenvalue weighted by Crippen LogP contribution is -2.36. The lowest BCUT2D eigenvalue weighted by Gasteiger charge is -2.32. The summed E-state index contributed by atoms with van der Waals surface area (Å²) in [6, 6.07) is 0.702. The second kappa shape index (κ2) is 6.32. The van der Waals surface area contributed by atoms with E-state index in [2.05, 4.69) is 29.3 Å². The monoisotopic (exact) mass is 251 g/mol. The molecule has 4 nitrogen and oxygen atoms in total. The van der Waals surface area contributed by atoms with Crippen LogP contribution in [0.3, 0.4) is 0 Å². The molecule has 0 radical (unpaired) electrons. The van der Waals surface area contributed by atoms with Crippen molar-refractivity contribution in [2.45, 2.75) is 58.9 Å². The average Bonchev–Trinajstić information content (AvgIpc) is 2.69. The fraction of sp³-hybridized carbons (Fsp3) is 0.857. The van der Waals surface area contributed by atoms with Crippen LogP contribution in [0.25, 0.3) is 0 Å². The summed E-state index contributed by atoms with van der Waals surface area (Å²) in [6.45, 7) is 7.64. The van der Waals surface area contributed by atoms with E-state index in [9.17, 15) is 0 Å². The molecular weight excluding hydrogens is 226 g/mol. The van der Waals surface area contributed by atoms with Crippen LogP contribution < -0.4 is 5.32 Å². The predicted octanol–water partition coefficient (Wildman–Crippen LogP) is 2.72. The fourth-order valence-corrected chi connectivity index (χ4v) is 3.10. The van der Waals surface area contributed by atoms with E-state index in [1.807, 2.05) is 6.92 Å². The molecule has 1 aliphatic carbocycles. The van der Waals surface area contributed by atoms with Crippen molar-refractivity contribution in [1.29, 1.82) is 0 Å². The Hall–Kier alpha value is -0.900. The van der Waals surface area contributed by atoms with Crippen molar-refractivity contribution in [1.82, 2.24) is 15.5 Å².